The molecule has 2 aliphatic heterocycles. The lowest BCUT2D eigenvalue weighted by Crippen LogP contribution is -2.41. The van der Waals surface area contributed by atoms with Gasteiger partial charge in [0.05, 0.1) is 12.6 Å². The first kappa shape index (κ1) is 20.8. The number of nitrogens with two attached hydrogens (primary N) is 2. The maximum absolute atomic E-state index is 11.3. The summed E-state index contributed by atoms with van der Waals surface area (Å²) in [4.78, 5) is 12.8. The first-order chi connectivity index (χ1) is 12.2. The predicted octanol–water partition coefficient (Wildman–Crippen LogP) is -1.27. The minimum Gasteiger partial charge on any atom is -0.387 e. The molecule has 1 amide bonds. The Labute approximate surface area is 152 Å². The van der Waals surface area contributed by atoms with Crippen molar-refractivity contribution in [2.45, 2.75) is 63.6 Å². The van der Waals surface area contributed by atoms with E-state index in [-0.39, 0.29) is 6.61 Å². The van der Waals surface area contributed by atoms with Gasteiger partial charge >= 0.3 is 0 Å². The standard InChI is InChI=1S/C17H29N3O6/c1-9(2)6-11(18)17(24)25-8-12-13(21)14(22)16(26-12)20-5-3-4-10(7-20)15(19)23/h3,5,7,9,11-14,16-17,21-22,24H,4,6,8,18H2,1-2H3,(H2,19,23)/t11-,12+,13+,14+,16+,17?/m0/s1. The van der Waals surface area contributed by atoms with Crippen LogP contribution in [0, 0.1) is 5.92 Å². The summed E-state index contributed by atoms with van der Waals surface area (Å²) in [5, 5.41) is 30.4. The molecule has 2 rings (SSSR count). The van der Waals surface area contributed by atoms with Gasteiger partial charge in [-0.05, 0) is 18.8 Å². The topological polar surface area (TPSA) is 151 Å². The van der Waals surface area contributed by atoms with Gasteiger partial charge in [-0.25, -0.2) is 0 Å². The van der Waals surface area contributed by atoms with Gasteiger partial charge in [0, 0.05) is 18.0 Å². The van der Waals surface area contributed by atoms with E-state index in [0.717, 1.165) is 0 Å². The van der Waals surface area contributed by atoms with E-state index in [2.05, 4.69) is 0 Å². The smallest absolute Gasteiger partial charge is 0.246 e. The normalized spacial score (nSPS) is 31.2. The molecule has 9 nitrogen and oxygen atoms in total. The van der Waals surface area contributed by atoms with Crippen LogP contribution in [0.2, 0.25) is 0 Å². The number of hydrogen-bond acceptors (Lipinski definition) is 8. The number of primary amides is 1. The lowest BCUT2D eigenvalue weighted by atomic mass is 10.0. The van der Waals surface area contributed by atoms with Crippen molar-refractivity contribution >= 4 is 5.91 Å². The maximum atomic E-state index is 11.3. The lowest BCUT2D eigenvalue weighted by molar-refractivity contribution is -0.154. The predicted molar refractivity (Wildman–Crippen MR) is 92.9 cm³/mol. The van der Waals surface area contributed by atoms with Gasteiger partial charge in [-0.3, -0.25) is 4.79 Å². The van der Waals surface area contributed by atoms with E-state index < -0.39 is 42.8 Å². The number of ether oxygens (including phenoxy) is 2. The van der Waals surface area contributed by atoms with Gasteiger partial charge < -0.3 is 41.2 Å². The zero-order valence-corrected chi connectivity index (χ0v) is 15.1. The number of aliphatic hydroxyl groups is 3. The molecule has 9 heteroatoms. The molecule has 6 atom stereocenters. The van der Waals surface area contributed by atoms with Crippen molar-refractivity contribution in [1.82, 2.24) is 4.90 Å². The molecule has 26 heavy (non-hydrogen) atoms. The summed E-state index contributed by atoms with van der Waals surface area (Å²) in [6, 6.07) is -0.555. The zero-order chi connectivity index (χ0) is 19.4. The number of hydrogen-bond donors (Lipinski definition) is 5. The molecule has 0 bridgehead atoms. The fourth-order valence-corrected chi connectivity index (χ4v) is 2.99. The van der Waals surface area contributed by atoms with Crippen LogP contribution < -0.4 is 11.5 Å². The minimum atomic E-state index is -1.22. The van der Waals surface area contributed by atoms with E-state index in [0.29, 0.717) is 24.3 Å². The fraction of sp³-hybridized carbons (Fsp3) is 0.706. The van der Waals surface area contributed by atoms with Crippen molar-refractivity contribution in [2.24, 2.45) is 17.4 Å². The van der Waals surface area contributed by atoms with Gasteiger partial charge in [0.15, 0.2) is 12.5 Å². The molecule has 1 fully saturated rings. The zero-order valence-electron chi connectivity index (χ0n) is 15.1. The van der Waals surface area contributed by atoms with Crippen molar-refractivity contribution in [3.63, 3.8) is 0 Å². The van der Waals surface area contributed by atoms with E-state index in [1.54, 1.807) is 12.3 Å². The van der Waals surface area contributed by atoms with E-state index >= 15 is 0 Å². The summed E-state index contributed by atoms with van der Waals surface area (Å²) in [6.45, 7) is 3.83. The summed E-state index contributed by atoms with van der Waals surface area (Å²) < 4.78 is 11.0. The number of amides is 1. The summed E-state index contributed by atoms with van der Waals surface area (Å²) in [5.74, 6) is -0.255. The molecule has 148 valence electrons. The van der Waals surface area contributed by atoms with Crippen molar-refractivity contribution in [3.8, 4) is 0 Å². The molecule has 0 aromatic heterocycles. The molecule has 0 aromatic rings. The SMILES string of the molecule is CC(C)C[C@H](N)C(O)OC[C@H]1O[C@@H](N2C=CCC(C(N)=O)=C2)[C@H](O)[C@@H]1O. The lowest BCUT2D eigenvalue weighted by Gasteiger charge is -2.28. The monoisotopic (exact) mass is 371 g/mol. The van der Waals surface area contributed by atoms with Crippen molar-refractivity contribution in [1.29, 1.82) is 0 Å². The number of aliphatic hydroxyl groups excluding tert-OH is 3. The third-order valence-corrected chi connectivity index (χ3v) is 4.41. The van der Waals surface area contributed by atoms with Crippen LogP contribution in [-0.2, 0) is 14.3 Å². The van der Waals surface area contributed by atoms with Crippen LogP contribution in [0.3, 0.4) is 0 Å². The number of carbonyl (C=O) groups excluding carboxylic acids is 1. The quantitative estimate of drug-likeness (QED) is 0.331. The highest BCUT2D eigenvalue weighted by atomic mass is 16.6. The Hall–Kier alpha value is -1.49. The third kappa shape index (κ3) is 5.03. The Bertz CT molecular complexity index is 553. The number of rotatable bonds is 8. The van der Waals surface area contributed by atoms with Crippen LogP contribution in [0.15, 0.2) is 24.0 Å². The molecular weight excluding hydrogens is 342 g/mol. The molecule has 1 unspecified atom stereocenters. The summed E-state index contributed by atoms with van der Waals surface area (Å²) in [5.41, 5.74) is 11.5. The molecule has 2 aliphatic rings. The molecule has 0 aliphatic carbocycles. The highest BCUT2D eigenvalue weighted by Crippen LogP contribution is 2.27. The summed E-state index contributed by atoms with van der Waals surface area (Å²) in [7, 11) is 0. The van der Waals surface area contributed by atoms with Crippen LogP contribution in [0.25, 0.3) is 0 Å². The Morgan fingerprint density at radius 1 is 1.42 bits per heavy atom. The Morgan fingerprint density at radius 2 is 2.12 bits per heavy atom. The number of allylic oxidation sites excluding steroid dienone is 1. The molecule has 0 aromatic carbocycles. The van der Waals surface area contributed by atoms with Crippen LogP contribution in [0.4, 0.5) is 0 Å². The third-order valence-electron chi connectivity index (χ3n) is 4.41. The first-order valence-corrected chi connectivity index (χ1v) is 8.72. The molecule has 2 heterocycles. The average Bonchev–Trinajstić information content (AvgIpc) is 2.87. The van der Waals surface area contributed by atoms with Gasteiger partial charge in [0.25, 0.3) is 0 Å². The maximum Gasteiger partial charge on any atom is 0.246 e. The van der Waals surface area contributed by atoms with Crippen molar-refractivity contribution in [2.75, 3.05) is 6.61 Å². The van der Waals surface area contributed by atoms with Gasteiger partial charge in [-0.1, -0.05) is 19.9 Å². The molecule has 0 spiro atoms. The highest BCUT2D eigenvalue weighted by molar-refractivity contribution is 5.92. The summed E-state index contributed by atoms with van der Waals surface area (Å²) >= 11 is 0. The molecule has 7 N–H and O–H groups in total. The molecule has 1 saturated heterocycles. The first-order valence-electron chi connectivity index (χ1n) is 8.72. The van der Waals surface area contributed by atoms with Crippen LogP contribution in [-0.4, -0.2) is 69.6 Å². The van der Waals surface area contributed by atoms with Crippen LogP contribution >= 0.6 is 0 Å². The molecular formula is C17H29N3O6. The largest absolute Gasteiger partial charge is 0.387 e. The van der Waals surface area contributed by atoms with Crippen molar-refractivity contribution < 1.29 is 29.6 Å². The average molecular weight is 371 g/mol. The summed E-state index contributed by atoms with van der Waals surface area (Å²) in [6.07, 6.45) is 0.434. The van der Waals surface area contributed by atoms with Gasteiger partial charge in [0.1, 0.15) is 18.3 Å². The van der Waals surface area contributed by atoms with Crippen LogP contribution in [0.1, 0.15) is 26.7 Å². The number of nitrogens with zero attached hydrogens (tertiary/aromatic N) is 1. The van der Waals surface area contributed by atoms with E-state index in [1.165, 1.54) is 11.1 Å². The van der Waals surface area contributed by atoms with E-state index in [4.69, 9.17) is 20.9 Å². The Balaban J connectivity index is 1.94. The van der Waals surface area contributed by atoms with Gasteiger partial charge in [-0.15, -0.1) is 0 Å². The van der Waals surface area contributed by atoms with Gasteiger partial charge in [-0.2, -0.15) is 0 Å². The fourth-order valence-electron chi connectivity index (χ4n) is 2.99. The van der Waals surface area contributed by atoms with Crippen LogP contribution in [0.5, 0.6) is 0 Å². The van der Waals surface area contributed by atoms with Gasteiger partial charge in [0.2, 0.25) is 5.91 Å². The second kappa shape index (κ2) is 8.94. The van der Waals surface area contributed by atoms with E-state index in [9.17, 15) is 20.1 Å². The second-order valence-electron chi connectivity index (χ2n) is 7.12. The highest BCUT2D eigenvalue weighted by Gasteiger charge is 2.45. The number of carbonyl (C=O) groups is 1. The second-order valence-corrected chi connectivity index (χ2v) is 7.12. The Morgan fingerprint density at radius 3 is 2.73 bits per heavy atom. The van der Waals surface area contributed by atoms with Crippen molar-refractivity contribution in [3.05, 3.63) is 24.0 Å². The minimum absolute atomic E-state index is 0.133. The molecule has 0 saturated carbocycles. The molecule has 0 radical (unpaired) electrons. The van der Waals surface area contributed by atoms with E-state index in [1.807, 2.05) is 13.8 Å². The Kier molecular flexibility index (Phi) is 7.16.